The van der Waals surface area contributed by atoms with Crippen LogP contribution in [0, 0.1) is 0 Å². The van der Waals surface area contributed by atoms with Gasteiger partial charge >= 0.3 is 0 Å². The van der Waals surface area contributed by atoms with E-state index in [9.17, 15) is 0 Å². The fourth-order valence-corrected chi connectivity index (χ4v) is 10.9. The van der Waals surface area contributed by atoms with Gasteiger partial charge in [0.25, 0.3) is 0 Å². The number of hydrogen-bond acceptors (Lipinski definition) is 3. The summed E-state index contributed by atoms with van der Waals surface area (Å²) in [6.07, 6.45) is 0. The Kier molecular flexibility index (Phi) is 7.35. The van der Waals surface area contributed by atoms with E-state index < -0.39 is 0 Å². The van der Waals surface area contributed by atoms with Crippen molar-refractivity contribution in [1.29, 1.82) is 0 Å². The van der Waals surface area contributed by atoms with Crippen LogP contribution < -0.4 is 0 Å². The maximum absolute atomic E-state index is 5.20. The van der Waals surface area contributed by atoms with Crippen molar-refractivity contribution < 1.29 is 0 Å². The van der Waals surface area contributed by atoms with E-state index in [-0.39, 0.29) is 5.41 Å². The van der Waals surface area contributed by atoms with Crippen molar-refractivity contribution in [2.24, 2.45) is 0 Å². The molecule has 0 N–H and O–H groups in total. The molecule has 2 aliphatic carbocycles. The molecule has 1 unspecified atom stereocenters. The molecule has 0 radical (unpaired) electrons. The third kappa shape index (κ3) is 4.90. The number of fused-ring (bicyclic) bond motifs is 12. The van der Waals surface area contributed by atoms with Crippen LogP contribution in [0.2, 0.25) is 0 Å². The van der Waals surface area contributed by atoms with Gasteiger partial charge in [0.05, 0.1) is 16.8 Å². The van der Waals surface area contributed by atoms with Gasteiger partial charge in [0.1, 0.15) is 0 Å². The average molecular weight is 755 g/mol. The lowest BCUT2D eigenvalue weighted by molar-refractivity contribution is 0.803. The van der Waals surface area contributed by atoms with Crippen LogP contribution in [0.25, 0.3) is 87.8 Å². The largest absolute Gasteiger partial charge is 0.228 e. The molecule has 1 atom stereocenters. The summed E-state index contributed by atoms with van der Waals surface area (Å²) in [7, 11) is 0. The molecule has 12 rings (SSSR count). The summed E-state index contributed by atoms with van der Waals surface area (Å²) in [6.45, 7) is 0. The van der Waals surface area contributed by atoms with E-state index in [1.807, 2.05) is 29.5 Å². The van der Waals surface area contributed by atoms with E-state index in [0.29, 0.717) is 5.82 Å². The van der Waals surface area contributed by atoms with E-state index in [2.05, 4.69) is 188 Å². The van der Waals surface area contributed by atoms with Crippen LogP contribution >= 0.6 is 11.3 Å². The molecule has 2 aliphatic rings. The Hall–Kier alpha value is -7.20. The second-order valence-corrected chi connectivity index (χ2v) is 16.3. The second kappa shape index (κ2) is 12.9. The molecule has 58 heavy (non-hydrogen) atoms. The molecule has 0 fully saturated rings. The lowest BCUT2D eigenvalue weighted by atomic mass is 9.70. The molecule has 0 amide bonds. The molecule has 8 aromatic carbocycles. The van der Waals surface area contributed by atoms with Gasteiger partial charge in [-0.2, -0.15) is 0 Å². The second-order valence-electron chi connectivity index (χ2n) is 15.3. The average Bonchev–Trinajstić information content (AvgIpc) is 3.93. The zero-order chi connectivity index (χ0) is 38.2. The molecule has 1 spiro atoms. The summed E-state index contributed by atoms with van der Waals surface area (Å²) in [5.41, 5.74) is 18.7. The van der Waals surface area contributed by atoms with Gasteiger partial charge < -0.3 is 0 Å². The summed E-state index contributed by atoms with van der Waals surface area (Å²) in [5.74, 6) is 0.709. The monoisotopic (exact) mass is 754 g/mol. The highest BCUT2D eigenvalue weighted by Gasteiger charge is 2.53. The standard InChI is InChI=1S/C55H34N2S/c1-3-15-35(16-4-1)37-19-13-21-40(31-37)49-34-50(57-54(56-49)36-17-5-2-6-18-36)41-22-14-20-38(32-41)39-29-30-48-45(33-39)42-23-7-10-26-46(42)55(48)47-27-11-8-24-43(47)53-52(55)44-25-9-12-28-51(44)58-53/h1-34H. The van der Waals surface area contributed by atoms with Crippen LogP contribution in [0.1, 0.15) is 22.3 Å². The summed E-state index contributed by atoms with van der Waals surface area (Å²) >= 11 is 1.93. The highest BCUT2D eigenvalue weighted by Crippen LogP contribution is 2.66. The van der Waals surface area contributed by atoms with E-state index in [4.69, 9.17) is 9.97 Å². The van der Waals surface area contributed by atoms with Crippen LogP contribution in [0.5, 0.6) is 0 Å². The zero-order valence-electron chi connectivity index (χ0n) is 31.4. The number of aromatic nitrogens is 2. The van der Waals surface area contributed by atoms with Gasteiger partial charge in [0.15, 0.2) is 5.82 Å². The summed E-state index contributed by atoms with van der Waals surface area (Å²) in [6, 6.07) is 74.7. The Labute approximate surface area is 341 Å². The molecule has 2 nitrogen and oxygen atoms in total. The number of hydrogen-bond donors (Lipinski definition) is 0. The minimum Gasteiger partial charge on any atom is -0.228 e. The first-order valence-electron chi connectivity index (χ1n) is 19.8. The summed E-state index contributed by atoms with van der Waals surface area (Å²) in [5, 5.41) is 1.35. The molecule has 2 heterocycles. The number of nitrogens with zero attached hydrogens (tertiary/aromatic N) is 2. The molecule has 0 aliphatic heterocycles. The predicted molar refractivity (Wildman–Crippen MR) is 241 cm³/mol. The molecule has 270 valence electrons. The van der Waals surface area contributed by atoms with Crippen molar-refractivity contribution in [3.05, 3.63) is 229 Å². The maximum Gasteiger partial charge on any atom is 0.160 e. The molecule has 0 bridgehead atoms. The Morgan fingerprint density at radius 2 is 0.862 bits per heavy atom. The van der Waals surface area contributed by atoms with Crippen molar-refractivity contribution >= 4 is 21.4 Å². The Bertz CT molecular complexity index is 3240. The Morgan fingerprint density at radius 3 is 1.59 bits per heavy atom. The predicted octanol–water partition coefficient (Wildman–Crippen LogP) is 14.4. The van der Waals surface area contributed by atoms with Crippen molar-refractivity contribution in [3.63, 3.8) is 0 Å². The molecule has 0 saturated carbocycles. The normalized spacial score (nSPS) is 14.6. The van der Waals surface area contributed by atoms with Crippen molar-refractivity contribution in [3.8, 4) is 77.7 Å². The Balaban J connectivity index is 1.01. The lowest BCUT2D eigenvalue weighted by Crippen LogP contribution is -2.25. The number of benzene rings is 8. The van der Waals surface area contributed by atoms with Gasteiger partial charge in [-0.25, -0.2) is 9.97 Å². The number of rotatable bonds is 5. The summed E-state index contributed by atoms with van der Waals surface area (Å²) in [4.78, 5) is 11.7. The van der Waals surface area contributed by atoms with Gasteiger partial charge in [-0.05, 0) is 96.9 Å². The van der Waals surface area contributed by atoms with Gasteiger partial charge in [-0.15, -0.1) is 11.3 Å². The van der Waals surface area contributed by atoms with Crippen LogP contribution in [-0.4, -0.2) is 9.97 Å². The highest BCUT2D eigenvalue weighted by molar-refractivity contribution is 7.22. The highest BCUT2D eigenvalue weighted by atomic mass is 32.1. The van der Waals surface area contributed by atoms with Crippen LogP contribution in [-0.2, 0) is 5.41 Å². The summed E-state index contributed by atoms with van der Waals surface area (Å²) < 4.78 is 1.34. The smallest absolute Gasteiger partial charge is 0.160 e. The SMILES string of the molecule is c1ccc(-c2cccc(-c3cc(-c4cccc(-c5ccc6c(c5)-c5ccccc5C65c6ccccc6-c6sc7ccccc7c65)c4)nc(-c4ccccc4)n3)c2)cc1. The zero-order valence-corrected chi connectivity index (χ0v) is 32.2. The molecular formula is C55H34N2S. The van der Waals surface area contributed by atoms with Gasteiger partial charge in [0, 0.05) is 26.3 Å². The van der Waals surface area contributed by atoms with Crippen molar-refractivity contribution in [2.45, 2.75) is 5.41 Å². The molecule has 3 heteroatoms. The minimum atomic E-state index is -0.374. The third-order valence-electron chi connectivity index (χ3n) is 12.1. The van der Waals surface area contributed by atoms with E-state index >= 15 is 0 Å². The van der Waals surface area contributed by atoms with Crippen LogP contribution in [0.15, 0.2) is 206 Å². The first-order valence-corrected chi connectivity index (χ1v) is 20.6. The van der Waals surface area contributed by atoms with Crippen molar-refractivity contribution in [1.82, 2.24) is 9.97 Å². The number of thiophene rings is 1. The minimum absolute atomic E-state index is 0.374. The molecule has 2 aromatic heterocycles. The first kappa shape index (κ1) is 33.0. The molecular weight excluding hydrogens is 721 g/mol. The van der Waals surface area contributed by atoms with E-state index in [1.54, 1.807) is 0 Å². The van der Waals surface area contributed by atoms with Crippen LogP contribution in [0.3, 0.4) is 0 Å². The fraction of sp³-hybridized carbons (Fsp3) is 0.0182. The first-order chi connectivity index (χ1) is 28.7. The van der Waals surface area contributed by atoms with Crippen molar-refractivity contribution in [2.75, 3.05) is 0 Å². The molecule has 0 saturated heterocycles. The van der Waals surface area contributed by atoms with Crippen LogP contribution in [0.4, 0.5) is 0 Å². The van der Waals surface area contributed by atoms with E-state index in [1.165, 1.54) is 65.0 Å². The molecule has 10 aromatic rings. The third-order valence-corrected chi connectivity index (χ3v) is 13.3. The fourth-order valence-electron chi connectivity index (χ4n) is 9.58. The van der Waals surface area contributed by atoms with Gasteiger partial charge in [-0.1, -0.05) is 176 Å². The Morgan fingerprint density at radius 1 is 0.345 bits per heavy atom. The van der Waals surface area contributed by atoms with Gasteiger partial charge in [-0.3, -0.25) is 0 Å². The lowest BCUT2D eigenvalue weighted by Gasteiger charge is -2.30. The van der Waals surface area contributed by atoms with Gasteiger partial charge in [0.2, 0.25) is 0 Å². The maximum atomic E-state index is 5.20. The topological polar surface area (TPSA) is 25.8 Å². The van der Waals surface area contributed by atoms with E-state index in [0.717, 1.165) is 39.2 Å². The quantitative estimate of drug-likeness (QED) is 0.175.